The van der Waals surface area contributed by atoms with Gasteiger partial charge >= 0.3 is 0 Å². The molecule has 1 atom stereocenters. The highest BCUT2D eigenvalue weighted by atomic mass is 32.2. The molecule has 1 unspecified atom stereocenters. The quantitative estimate of drug-likeness (QED) is 0.632. The zero-order valence-corrected chi connectivity index (χ0v) is 16.6. The Morgan fingerprint density at radius 3 is 2.25 bits per heavy atom. The number of benzene rings is 1. The second kappa shape index (κ2) is 9.54. The van der Waals surface area contributed by atoms with Gasteiger partial charge in [-0.05, 0) is 46.2 Å². The van der Waals surface area contributed by atoms with Gasteiger partial charge in [0.25, 0.3) is 0 Å². The van der Waals surface area contributed by atoms with Crippen molar-refractivity contribution in [1.82, 2.24) is 4.72 Å². The zero-order chi connectivity index (χ0) is 18.2. The summed E-state index contributed by atoms with van der Waals surface area (Å²) in [4.78, 5) is 0.308. The number of ether oxygens (including phenoxy) is 1. The fourth-order valence-corrected chi connectivity index (χ4v) is 3.60. The molecule has 0 amide bonds. The number of unbranched alkanes of at least 4 members (excludes halogenated alkanes) is 3. The minimum absolute atomic E-state index is 0.201. The molecule has 0 saturated carbocycles. The lowest BCUT2D eigenvalue weighted by Crippen LogP contribution is -2.40. The van der Waals surface area contributed by atoms with E-state index in [4.69, 9.17) is 4.74 Å². The molecule has 5 heteroatoms. The minimum atomic E-state index is -3.52. The number of nitrogens with one attached hydrogen (secondary N) is 1. The highest BCUT2D eigenvalue weighted by molar-refractivity contribution is 7.89. The van der Waals surface area contributed by atoms with Gasteiger partial charge in [-0.1, -0.05) is 50.3 Å². The van der Waals surface area contributed by atoms with Crippen LogP contribution in [0.2, 0.25) is 0 Å². The van der Waals surface area contributed by atoms with Crippen LogP contribution in [0.15, 0.2) is 29.2 Å². The minimum Gasteiger partial charge on any atom is -0.374 e. The Bertz CT molecular complexity index is 574. The summed E-state index contributed by atoms with van der Waals surface area (Å²) in [5, 5.41) is 0. The summed E-state index contributed by atoms with van der Waals surface area (Å²) >= 11 is 0. The molecule has 1 aromatic rings. The molecule has 0 aliphatic carbocycles. The predicted octanol–water partition coefficient (Wildman–Crippen LogP) is 4.43. The van der Waals surface area contributed by atoms with Crippen molar-refractivity contribution in [1.29, 1.82) is 0 Å². The molecular formula is C19H33NO3S. The zero-order valence-electron chi connectivity index (χ0n) is 15.8. The van der Waals surface area contributed by atoms with Gasteiger partial charge in [-0.2, -0.15) is 0 Å². The second-order valence-electron chi connectivity index (χ2n) is 7.40. The van der Waals surface area contributed by atoms with Crippen molar-refractivity contribution in [2.45, 2.75) is 83.3 Å². The maximum atomic E-state index is 12.6. The number of hydrogen-bond donors (Lipinski definition) is 1. The predicted molar refractivity (Wildman–Crippen MR) is 99.8 cm³/mol. The SMILES string of the molecule is CCCCCCC(COC(C)(C)C)NS(=O)(=O)c1ccc(C)cc1. The fourth-order valence-electron chi connectivity index (χ4n) is 2.35. The summed E-state index contributed by atoms with van der Waals surface area (Å²) in [6.07, 6.45) is 5.26. The van der Waals surface area contributed by atoms with E-state index in [1.807, 2.05) is 39.8 Å². The van der Waals surface area contributed by atoms with Crippen LogP contribution in [0.4, 0.5) is 0 Å². The molecule has 138 valence electrons. The molecule has 1 N–H and O–H groups in total. The van der Waals surface area contributed by atoms with Gasteiger partial charge in [0.15, 0.2) is 0 Å². The van der Waals surface area contributed by atoms with E-state index in [9.17, 15) is 8.42 Å². The van der Waals surface area contributed by atoms with Crippen molar-refractivity contribution >= 4 is 10.0 Å². The average Bonchev–Trinajstić information content (AvgIpc) is 2.48. The Morgan fingerprint density at radius 1 is 1.08 bits per heavy atom. The Labute approximate surface area is 148 Å². The van der Waals surface area contributed by atoms with Crippen LogP contribution in [0.25, 0.3) is 0 Å². The van der Waals surface area contributed by atoms with Crippen LogP contribution >= 0.6 is 0 Å². The van der Waals surface area contributed by atoms with Crippen LogP contribution in [0, 0.1) is 6.92 Å². The first-order valence-electron chi connectivity index (χ1n) is 8.87. The Kier molecular flexibility index (Phi) is 8.40. The molecule has 0 aliphatic heterocycles. The Balaban J connectivity index is 2.75. The summed E-state index contributed by atoms with van der Waals surface area (Å²) in [6.45, 7) is 10.4. The number of aryl methyl sites for hydroxylation is 1. The largest absolute Gasteiger partial charge is 0.374 e. The maximum Gasteiger partial charge on any atom is 0.240 e. The van der Waals surface area contributed by atoms with Gasteiger partial charge in [-0.15, -0.1) is 0 Å². The van der Waals surface area contributed by atoms with Crippen molar-refractivity contribution in [3.8, 4) is 0 Å². The highest BCUT2D eigenvalue weighted by Gasteiger charge is 2.22. The van der Waals surface area contributed by atoms with Crippen LogP contribution in [-0.2, 0) is 14.8 Å². The third kappa shape index (κ3) is 8.27. The third-order valence-corrected chi connectivity index (χ3v) is 5.31. The number of sulfonamides is 1. The van der Waals surface area contributed by atoms with Gasteiger partial charge < -0.3 is 4.74 Å². The van der Waals surface area contributed by atoms with Crippen molar-refractivity contribution < 1.29 is 13.2 Å². The summed E-state index contributed by atoms with van der Waals surface area (Å²) in [6, 6.07) is 6.73. The van der Waals surface area contributed by atoms with Crippen molar-refractivity contribution in [3.63, 3.8) is 0 Å². The normalized spacial score (nSPS) is 13.9. The van der Waals surface area contributed by atoms with E-state index in [1.54, 1.807) is 12.1 Å². The highest BCUT2D eigenvalue weighted by Crippen LogP contribution is 2.15. The van der Waals surface area contributed by atoms with Gasteiger partial charge in [0, 0.05) is 6.04 Å². The topological polar surface area (TPSA) is 55.4 Å². The molecule has 0 aromatic heterocycles. The monoisotopic (exact) mass is 355 g/mol. The lowest BCUT2D eigenvalue weighted by atomic mass is 10.1. The molecule has 1 aromatic carbocycles. The van der Waals surface area contributed by atoms with Crippen LogP contribution in [0.3, 0.4) is 0 Å². The smallest absolute Gasteiger partial charge is 0.240 e. The maximum absolute atomic E-state index is 12.6. The molecule has 0 heterocycles. The van der Waals surface area contributed by atoms with Crippen molar-refractivity contribution in [2.75, 3.05) is 6.61 Å². The molecule has 0 saturated heterocycles. The molecule has 4 nitrogen and oxygen atoms in total. The standard InChI is InChI=1S/C19H33NO3S/c1-6-7-8-9-10-17(15-23-19(3,4)5)20-24(21,22)18-13-11-16(2)12-14-18/h11-14,17,20H,6-10,15H2,1-5H3. The lowest BCUT2D eigenvalue weighted by molar-refractivity contribution is -0.0129. The van der Waals surface area contributed by atoms with E-state index in [0.29, 0.717) is 11.5 Å². The Hall–Kier alpha value is -0.910. The molecule has 24 heavy (non-hydrogen) atoms. The molecule has 0 fully saturated rings. The van der Waals surface area contributed by atoms with E-state index < -0.39 is 10.0 Å². The average molecular weight is 356 g/mol. The van der Waals surface area contributed by atoms with E-state index in [0.717, 1.165) is 31.2 Å². The van der Waals surface area contributed by atoms with Gasteiger partial charge in [-0.25, -0.2) is 13.1 Å². The Morgan fingerprint density at radius 2 is 1.71 bits per heavy atom. The number of hydrogen-bond acceptors (Lipinski definition) is 3. The van der Waals surface area contributed by atoms with Crippen LogP contribution in [0.5, 0.6) is 0 Å². The van der Waals surface area contributed by atoms with Gasteiger partial charge in [0.1, 0.15) is 0 Å². The first-order chi connectivity index (χ1) is 11.1. The molecular weight excluding hydrogens is 322 g/mol. The van der Waals surface area contributed by atoms with Gasteiger partial charge in [0.2, 0.25) is 10.0 Å². The molecule has 1 rings (SSSR count). The summed E-state index contributed by atoms with van der Waals surface area (Å²) in [5.41, 5.74) is 0.762. The lowest BCUT2D eigenvalue weighted by Gasteiger charge is -2.25. The second-order valence-corrected chi connectivity index (χ2v) is 9.12. The molecule has 0 radical (unpaired) electrons. The van der Waals surface area contributed by atoms with E-state index >= 15 is 0 Å². The van der Waals surface area contributed by atoms with Gasteiger partial charge in [-0.3, -0.25) is 0 Å². The first kappa shape index (κ1) is 21.1. The number of rotatable bonds is 10. The van der Waals surface area contributed by atoms with Crippen LogP contribution < -0.4 is 4.72 Å². The van der Waals surface area contributed by atoms with Gasteiger partial charge in [0.05, 0.1) is 17.1 Å². The third-order valence-electron chi connectivity index (χ3n) is 3.78. The molecule has 0 aliphatic rings. The molecule has 0 spiro atoms. The fraction of sp³-hybridized carbons (Fsp3) is 0.684. The van der Waals surface area contributed by atoms with Crippen LogP contribution in [0.1, 0.15) is 65.4 Å². The van der Waals surface area contributed by atoms with E-state index in [2.05, 4.69) is 11.6 Å². The van der Waals surface area contributed by atoms with Crippen molar-refractivity contribution in [3.05, 3.63) is 29.8 Å². The summed E-state index contributed by atoms with van der Waals surface area (Å²) < 4.78 is 33.8. The first-order valence-corrected chi connectivity index (χ1v) is 10.4. The van der Waals surface area contributed by atoms with E-state index in [-0.39, 0.29) is 11.6 Å². The summed E-state index contributed by atoms with van der Waals surface area (Å²) in [5.74, 6) is 0. The van der Waals surface area contributed by atoms with Crippen LogP contribution in [-0.4, -0.2) is 26.7 Å². The van der Waals surface area contributed by atoms with E-state index in [1.165, 1.54) is 6.42 Å². The van der Waals surface area contributed by atoms with Crippen molar-refractivity contribution in [2.24, 2.45) is 0 Å². The molecule has 0 bridgehead atoms. The summed E-state index contributed by atoms with van der Waals surface area (Å²) in [7, 11) is -3.52.